The Kier molecular flexibility index (Phi) is 4.81. The summed E-state index contributed by atoms with van der Waals surface area (Å²) in [6, 6.07) is 12.9. The Hall–Kier alpha value is -1.08. The van der Waals surface area contributed by atoms with E-state index >= 15 is 0 Å². The van der Waals surface area contributed by atoms with Crippen molar-refractivity contribution in [2.45, 2.75) is 0 Å². The summed E-state index contributed by atoms with van der Waals surface area (Å²) < 4.78 is 7.08. The average Bonchev–Trinajstić information content (AvgIpc) is 2.42. The van der Waals surface area contributed by atoms with E-state index in [1.165, 1.54) is 0 Å². The maximum atomic E-state index is 12.2. The predicted octanol–water partition coefficient (Wildman–Crippen LogP) is 4.31. The Balaban J connectivity index is 2.28. The number of carbonyl (C=O) groups is 1. The molecule has 5 heteroatoms. The zero-order chi connectivity index (χ0) is 13.8. The van der Waals surface area contributed by atoms with Crippen molar-refractivity contribution in [3.63, 3.8) is 0 Å². The van der Waals surface area contributed by atoms with Crippen LogP contribution in [0.1, 0.15) is 10.4 Å². The molecule has 2 aromatic carbocycles. The first-order chi connectivity index (χ1) is 9.11. The third kappa shape index (κ3) is 3.48. The minimum atomic E-state index is -0.194. The molecule has 19 heavy (non-hydrogen) atoms. The van der Waals surface area contributed by atoms with Crippen molar-refractivity contribution in [1.29, 1.82) is 0 Å². The van der Waals surface area contributed by atoms with E-state index < -0.39 is 0 Å². The standard InChI is InChI=1S/C14H11BrINO2/c1-19-13-5-3-2-4-10(13)14(18)17-12-8-9(16)6-7-11(12)15/h2-8H,1H3,(H,17,18). The molecule has 0 saturated carbocycles. The van der Waals surface area contributed by atoms with E-state index in [0.717, 1.165) is 13.7 Å². The lowest BCUT2D eigenvalue weighted by atomic mass is 10.2. The highest BCUT2D eigenvalue weighted by atomic mass is 127. The van der Waals surface area contributed by atoms with Gasteiger partial charge in [0.25, 0.3) is 5.91 Å². The molecule has 2 rings (SSSR count). The second kappa shape index (κ2) is 6.38. The summed E-state index contributed by atoms with van der Waals surface area (Å²) in [5.74, 6) is 0.363. The molecular formula is C14H11BrINO2. The molecule has 0 aliphatic heterocycles. The lowest BCUT2D eigenvalue weighted by molar-refractivity contribution is 0.102. The van der Waals surface area contributed by atoms with Gasteiger partial charge in [-0.1, -0.05) is 12.1 Å². The summed E-state index contributed by atoms with van der Waals surface area (Å²) >= 11 is 5.62. The monoisotopic (exact) mass is 431 g/mol. The minimum Gasteiger partial charge on any atom is -0.496 e. The van der Waals surface area contributed by atoms with E-state index in [4.69, 9.17) is 4.74 Å². The molecule has 0 aromatic heterocycles. The normalized spacial score (nSPS) is 10.1. The first-order valence-electron chi connectivity index (χ1n) is 5.51. The maximum absolute atomic E-state index is 12.2. The van der Waals surface area contributed by atoms with E-state index in [0.29, 0.717) is 11.3 Å². The number of halogens is 2. The Labute approximate surface area is 133 Å². The van der Waals surface area contributed by atoms with Crippen LogP contribution in [0.2, 0.25) is 0 Å². The summed E-state index contributed by atoms with van der Waals surface area (Å²) in [7, 11) is 1.55. The average molecular weight is 432 g/mol. The summed E-state index contributed by atoms with van der Waals surface area (Å²) in [5, 5.41) is 2.87. The molecule has 0 radical (unpaired) electrons. The van der Waals surface area contributed by atoms with Gasteiger partial charge in [-0.2, -0.15) is 0 Å². The largest absolute Gasteiger partial charge is 0.496 e. The molecule has 0 bridgehead atoms. The Bertz CT molecular complexity index is 616. The highest BCUT2D eigenvalue weighted by Gasteiger charge is 2.13. The number of nitrogens with one attached hydrogen (secondary N) is 1. The lowest BCUT2D eigenvalue weighted by Gasteiger charge is -2.10. The van der Waals surface area contributed by atoms with Crippen LogP contribution < -0.4 is 10.1 Å². The zero-order valence-corrected chi connectivity index (χ0v) is 13.9. The number of ether oxygens (including phenoxy) is 1. The van der Waals surface area contributed by atoms with Crippen LogP contribution in [0.25, 0.3) is 0 Å². The van der Waals surface area contributed by atoms with Crippen molar-refractivity contribution in [3.05, 3.63) is 56.1 Å². The fourth-order valence-corrected chi connectivity index (χ4v) is 2.45. The van der Waals surface area contributed by atoms with Crippen molar-refractivity contribution in [1.82, 2.24) is 0 Å². The van der Waals surface area contributed by atoms with Crippen LogP contribution in [-0.4, -0.2) is 13.0 Å². The van der Waals surface area contributed by atoms with Crippen molar-refractivity contribution >= 4 is 50.1 Å². The molecule has 1 amide bonds. The Morgan fingerprint density at radius 1 is 1.26 bits per heavy atom. The van der Waals surface area contributed by atoms with Crippen molar-refractivity contribution in [2.24, 2.45) is 0 Å². The fraction of sp³-hybridized carbons (Fsp3) is 0.0714. The van der Waals surface area contributed by atoms with Gasteiger partial charge in [0.1, 0.15) is 5.75 Å². The van der Waals surface area contributed by atoms with Gasteiger partial charge in [0.05, 0.1) is 18.4 Å². The molecule has 0 aliphatic carbocycles. The number of hydrogen-bond acceptors (Lipinski definition) is 2. The molecule has 98 valence electrons. The van der Waals surface area contributed by atoms with Gasteiger partial charge in [0.2, 0.25) is 0 Å². The van der Waals surface area contributed by atoms with Gasteiger partial charge in [-0.05, 0) is 68.9 Å². The molecule has 0 unspecified atom stereocenters. The van der Waals surface area contributed by atoms with Gasteiger partial charge < -0.3 is 10.1 Å². The third-order valence-electron chi connectivity index (χ3n) is 2.53. The highest BCUT2D eigenvalue weighted by molar-refractivity contribution is 14.1. The van der Waals surface area contributed by atoms with Gasteiger partial charge in [0.15, 0.2) is 0 Å². The van der Waals surface area contributed by atoms with Crippen LogP contribution in [0.5, 0.6) is 5.75 Å². The van der Waals surface area contributed by atoms with Crippen LogP contribution in [0.15, 0.2) is 46.9 Å². The predicted molar refractivity (Wildman–Crippen MR) is 87.8 cm³/mol. The number of benzene rings is 2. The number of hydrogen-bond donors (Lipinski definition) is 1. The number of para-hydroxylation sites is 1. The topological polar surface area (TPSA) is 38.3 Å². The number of methoxy groups -OCH3 is 1. The van der Waals surface area contributed by atoms with E-state index in [9.17, 15) is 4.79 Å². The van der Waals surface area contributed by atoms with Crippen molar-refractivity contribution in [3.8, 4) is 5.75 Å². The second-order valence-corrected chi connectivity index (χ2v) is 5.88. The van der Waals surface area contributed by atoms with Gasteiger partial charge in [0, 0.05) is 8.04 Å². The summed E-state index contributed by atoms with van der Waals surface area (Å²) in [5.41, 5.74) is 1.25. The van der Waals surface area contributed by atoms with Gasteiger partial charge >= 0.3 is 0 Å². The minimum absolute atomic E-state index is 0.194. The molecule has 1 N–H and O–H groups in total. The van der Waals surface area contributed by atoms with Gasteiger partial charge in [-0.15, -0.1) is 0 Å². The maximum Gasteiger partial charge on any atom is 0.259 e. The van der Waals surface area contributed by atoms with Crippen LogP contribution in [0.3, 0.4) is 0 Å². The van der Waals surface area contributed by atoms with E-state index in [1.54, 1.807) is 25.3 Å². The molecule has 3 nitrogen and oxygen atoms in total. The van der Waals surface area contributed by atoms with E-state index in [1.807, 2.05) is 24.3 Å². The van der Waals surface area contributed by atoms with Crippen LogP contribution in [0.4, 0.5) is 5.69 Å². The molecule has 0 heterocycles. The highest BCUT2D eigenvalue weighted by Crippen LogP contribution is 2.26. The lowest BCUT2D eigenvalue weighted by Crippen LogP contribution is -2.13. The molecule has 0 aliphatic rings. The molecular weight excluding hydrogens is 421 g/mol. The number of amides is 1. The smallest absolute Gasteiger partial charge is 0.259 e. The van der Waals surface area contributed by atoms with E-state index in [-0.39, 0.29) is 5.91 Å². The molecule has 0 saturated heterocycles. The first-order valence-corrected chi connectivity index (χ1v) is 7.38. The molecule has 2 aromatic rings. The molecule has 0 atom stereocenters. The van der Waals surface area contributed by atoms with E-state index in [2.05, 4.69) is 43.8 Å². The SMILES string of the molecule is COc1ccccc1C(=O)Nc1cc(I)ccc1Br. The summed E-state index contributed by atoms with van der Waals surface area (Å²) in [4.78, 5) is 12.2. The Morgan fingerprint density at radius 2 is 2.00 bits per heavy atom. The fourth-order valence-electron chi connectivity index (χ4n) is 1.62. The van der Waals surface area contributed by atoms with Gasteiger partial charge in [-0.3, -0.25) is 4.79 Å². The second-order valence-electron chi connectivity index (χ2n) is 3.78. The summed E-state index contributed by atoms with van der Waals surface area (Å²) in [6.45, 7) is 0. The quantitative estimate of drug-likeness (QED) is 0.735. The summed E-state index contributed by atoms with van der Waals surface area (Å²) in [6.07, 6.45) is 0. The van der Waals surface area contributed by atoms with Crippen LogP contribution in [-0.2, 0) is 0 Å². The van der Waals surface area contributed by atoms with Gasteiger partial charge in [-0.25, -0.2) is 0 Å². The van der Waals surface area contributed by atoms with Crippen LogP contribution in [0, 0.1) is 3.57 Å². The number of rotatable bonds is 3. The first kappa shape index (κ1) is 14.3. The van der Waals surface area contributed by atoms with Crippen molar-refractivity contribution < 1.29 is 9.53 Å². The zero-order valence-electron chi connectivity index (χ0n) is 10.1. The molecule has 0 fully saturated rings. The number of anilines is 1. The van der Waals surface area contributed by atoms with Crippen molar-refractivity contribution in [2.75, 3.05) is 12.4 Å². The number of carbonyl (C=O) groups excluding carboxylic acids is 1. The molecule has 0 spiro atoms. The Morgan fingerprint density at radius 3 is 2.74 bits per heavy atom. The van der Waals surface area contributed by atoms with Crippen LogP contribution >= 0.6 is 38.5 Å². The third-order valence-corrected chi connectivity index (χ3v) is 3.89.